The fraction of sp³-hybridized carbons (Fsp3) is 0.167. The maximum absolute atomic E-state index is 11.6. The number of halogens is 1. The van der Waals surface area contributed by atoms with Crippen LogP contribution in [0.25, 0.3) is 16.5 Å². The van der Waals surface area contributed by atoms with Crippen LogP contribution in [0.4, 0.5) is 0 Å². The average molecular weight is 339 g/mol. The summed E-state index contributed by atoms with van der Waals surface area (Å²) in [5.41, 5.74) is -0.282. The lowest BCUT2D eigenvalue weighted by Gasteiger charge is -2.33. The number of ether oxygens (including phenoxy) is 1. The number of nitrogens with zero attached hydrogens (tertiary/aromatic N) is 2. The number of rotatable bonds is 1. The molecule has 1 aromatic heterocycles. The van der Waals surface area contributed by atoms with Gasteiger partial charge in [0.25, 0.3) is 0 Å². The smallest absolute Gasteiger partial charge is 0.336 e. The molecular formula is C18H11ClN2O3. The second-order valence-electron chi connectivity index (χ2n) is 5.73. The van der Waals surface area contributed by atoms with Gasteiger partial charge in [-0.3, -0.25) is 0 Å². The number of allylic oxidation sites excluding steroid dienone is 3. The minimum absolute atomic E-state index is 0.109. The van der Waals surface area contributed by atoms with Crippen LogP contribution >= 0.6 is 11.6 Å². The van der Waals surface area contributed by atoms with Crippen LogP contribution in [-0.4, -0.2) is 5.60 Å². The Hall–Kier alpha value is -3.02. The monoisotopic (exact) mass is 338 g/mol. The van der Waals surface area contributed by atoms with Crippen molar-refractivity contribution in [1.29, 1.82) is 10.5 Å². The molecule has 0 fully saturated rings. The third-order valence-electron chi connectivity index (χ3n) is 3.68. The highest BCUT2D eigenvalue weighted by molar-refractivity contribution is 6.35. The standard InChI is InChI=1S/C18H11ClN2O3/c1-18(2)17(19)12(7-10(8-20)9-21)15-13(24-18)5-3-11-4-6-14(22)23-16(11)15/h3-7H,1-2H3. The largest absolute Gasteiger partial charge is 0.481 e. The quantitative estimate of drug-likeness (QED) is 0.581. The van der Waals surface area contributed by atoms with Crippen molar-refractivity contribution in [2.45, 2.75) is 19.4 Å². The summed E-state index contributed by atoms with van der Waals surface area (Å²) < 4.78 is 11.2. The summed E-state index contributed by atoms with van der Waals surface area (Å²) in [6.45, 7) is 3.55. The van der Waals surface area contributed by atoms with Gasteiger partial charge in [-0.1, -0.05) is 11.6 Å². The van der Waals surface area contributed by atoms with E-state index in [1.807, 2.05) is 12.1 Å². The van der Waals surface area contributed by atoms with Gasteiger partial charge in [-0.15, -0.1) is 0 Å². The summed E-state index contributed by atoms with van der Waals surface area (Å²) >= 11 is 6.47. The fourth-order valence-electron chi connectivity index (χ4n) is 2.58. The van der Waals surface area contributed by atoms with Crippen molar-refractivity contribution in [3.8, 4) is 17.9 Å². The molecule has 2 aromatic rings. The van der Waals surface area contributed by atoms with Crippen molar-refractivity contribution in [3.63, 3.8) is 0 Å². The molecule has 0 saturated carbocycles. The van der Waals surface area contributed by atoms with Crippen LogP contribution in [0.3, 0.4) is 0 Å². The lowest BCUT2D eigenvalue weighted by atomic mass is 9.91. The number of hydrogen-bond donors (Lipinski definition) is 0. The van der Waals surface area contributed by atoms with Crippen molar-refractivity contribution in [1.82, 2.24) is 0 Å². The zero-order valence-corrected chi connectivity index (χ0v) is 13.6. The van der Waals surface area contributed by atoms with Crippen LogP contribution in [0.15, 0.2) is 50.2 Å². The topological polar surface area (TPSA) is 87.0 Å². The number of fused-ring (bicyclic) bond motifs is 3. The normalized spacial score (nSPS) is 15.0. The molecule has 1 aliphatic rings. The number of nitriles is 2. The van der Waals surface area contributed by atoms with Crippen molar-refractivity contribution < 1.29 is 9.15 Å². The van der Waals surface area contributed by atoms with Gasteiger partial charge < -0.3 is 9.15 Å². The van der Waals surface area contributed by atoms with Crippen molar-refractivity contribution in [2.24, 2.45) is 0 Å². The molecule has 118 valence electrons. The lowest BCUT2D eigenvalue weighted by molar-refractivity contribution is 0.153. The second kappa shape index (κ2) is 5.56. The summed E-state index contributed by atoms with van der Waals surface area (Å²) in [6.07, 6.45) is 1.39. The average Bonchev–Trinajstić information content (AvgIpc) is 2.55. The van der Waals surface area contributed by atoms with Gasteiger partial charge >= 0.3 is 5.63 Å². The molecular weight excluding hydrogens is 328 g/mol. The third kappa shape index (κ3) is 2.46. The van der Waals surface area contributed by atoms with Gasteiger partial charge in [-0.25, -0.2) is 4.79 Å². The Morgan fingerprint density at radius 2 is 1.88 bits per heavy atom. The molecule has 1 aromatic carbocycles. The van der Waals surface area contributed by atoms with E-state index in [0.29, 0.717) is 32.9 Å². The molecule has 0 radical (unpaired) electrons. The summed E-state index contributed by atoms with van der Waals surface area (Å²) in [5.74, 6) is 0.465. The van der Waals surface area contributed by atoms with E-state index in [4.69, 9.17) is 31.3 Å². The first-order valence-corrected chi connectivity index (χ1v) is 7.43. The van der Waals surface area contributed by atoms with Crippen molar-refractivity contribution in [3.05, 3.63) is 56.9 Å². The predicted octanol–water partition coefficient (Wildman–Crippen LogP) is 3.89. The molecule has 0 bridgehead atoms. The highest BCUT2D eigenvalue weighted by Crippen LogP contribution is 2.46. The summed E-state index contributed by atoms with van der Waals surface area (Å²) in [7, 11) is 0. The van der Waals surface area contributed by atoms with Crippen LogP contribution in [0.5, 0.6) is 5.75 Å². The maximum atomic E-state index is 11.6. The molecule has 0 amide bonds. The Kier molecular flexibility index (Phi) is 3.67. The summed E-state index contributed by atoms with van der Waals surface area (Å²) in [6, 6.07) is 10.1. The van der Waals surface area contributed by atoms with Gasteiger partial charge in [0, 0.05) is 17.0 Å². The van der Waals surface area contributed by atoms with E-state index in [1.54, 1.807) is 32.0 Å². The third-order valence-corrected chi connectivity index (χ3v) is 4.34. The summed E-state index contributed by atoms with van der Waals surface area (Å²) in [5, 5.41) is 19.1. The zero-order valence-electron chi connectivity index (χ0n) is 12.9. The van der Waals surface area contributed by atoms with Gasteiger partial charge in [0.2, 0.25) is 0 Å². The molecule has 2 heterocycles. The first-order chi connectivity index (χ1) is 11.4. The van der Waals surface area contributed by atoms with E-state index >= 15 is 0 Å². The lowest BCUT2D eigenvalue weighted by Crippen LogP contribution is -2.32. The van der Waals surface area contributed by atoms with Crippen LogP contribution in [0, 0.1) is 22.7 Å². The van der Waals surface area contributed by atoms with E-state index in [9.17, 15) is 4.79 Å². The Balaban J connectivity index is 2.46. The predicted molar refractivity (Wildman–Crippen MR) is 89.3 cm³/mol. The van der Waals surface area contributed by atoms with E-state index in [0.717, 1.165) is 0 Å². The van der Waals surface area contributed by atoms with Crippen LogP contribution in [-0.2, 0) is 0 Å². The van der Waals surface area contributed by atoms with Gasteiger partial charge in [0.1, 0.15) is 34.6 Å². The molecule has 5 nitrogen and oxygen atoms in total. The highest BCUT2D eigenvalue weighted by Gasteiger charge is 2.35. The molecule has 1 aliphatic heterocycles. The minimum atomic E-state index is -0.848. The van der Waals surface area contributed by atoms with E-state index in [2.05, 4.69) is 0 Å². The van der Waals surface area contributed by atoms with E-state index < -0.39 is 11.2 Å². The number of benzene rings is 1. The van der Waals surface area contributed by atoms with Crippen LogP contribution < -0.4 is 10.4 Å². The minimum Gasteiger partial charge on any atom is -0.481 e. The van der Waals surface area contributed by atoms with Crippen LogP contribution in [0.2, 0.25) is 0 Å². The van der Waals surface area contributed by atoms with E-state index in [1.165, 1.54) is 12.1 Å². The second-order valence-corrected chi connectivity index (χ2v) is 6.11. The first kappa shape index (κ1) is 15.9. The van der Waals surface area contributed by atoms with Gasteiger partial charge in [0.05, 0.1) is 10.6 Å². The van der Waals surface area contributed by atoms with Crippen molar-refractivity contribution >= 4 is 28.1 Å². The Bertz CT molecular complexity index is 1050. The molecule has 0 aliphatic carbocycles. The molecule has 0 unspecified atom stereocenters. The molecule has 0 saturated heterocycles. The van der Waals surface area contributed by atoms with Crippen molar-refractivity contribution in [2.75, 3.05) is 0 Å². The molecule has 0 spiro atoms. The Morgan fingerprint density at radius 1 is 1.21 bits per heavy atom. The number of hydrogen-bond acceptors (Lipinski definition) is 5. The van der Waals surface area contributed by atoms with Gasteiger partial charge in [-0.05, 0) is 38.1 Å². The Morgan fingerprint density at radius 3 is 2.54 bits per heavy atom. The molecule has 3 rings (SSSR count). The summed E-state index contributed by atoms with van der Waals surface area (Å²) in [4.78, 5) is 11.6. The Labute approximate surface area is 142 Å². The maximum Gasteiger partial charge on any atom is 0.336 e. The molecule has 24 heavy (non-hydrogen) atoms. The van der Waals surface area contributed by atoms with Gasteiger partial charge in [-0.2, -0.15) is 10.5 Å². The van der Waals surface area contributed by atoms with E-state index in [-0.39, 0.29) is 5.57 Å². The fourth-order valence-corrected chi connectivity index (χ4v) is 2.77. The molecule has 6 heteroatoms. The first-order valence-electron chi connectivity index (χ1n) is 7.06. The van der Waals surface area contributed by atoms with Crippen LogP contribution in [0.1, 0.15) is 19.4 Å². The SMILES string of the molecule is CC1(C)Oc2ccc3ccc(=O)oc3c2C(C=C(C#N)C#N)=C1Cl. The zero-order chi connectivity index (χ0) is 17.5. The molecule has 0 atom stereocenters. The molecule has 0 N–H and O–H groups in total. The highest BCUT2D eigenvalue weighted by atomic mass is 35.5. The van der Waals surface area contributed by atoms with Gasteiger partial charge in [0.15, 0.2) is 0 Å².